The molecular formula is C36H35F3N2O8S2. The molecule has 0 saturated heterocycles. The number of sulfonamides is 1. The van der Waals surface area contributed by atoms with E-state index in [2.05, 4.69) is 0 Å². The number of pyridine rings is 1. The average molecular weight is 745 g/mol. The van der Waals surface area contributed by atoms with Crippen molar-refractivity contribution < 1.29 is 53.8 Å². The summed E-state index contributed by atoms with van der Waals surface area (Å²) in [6.45, 7) is 1.81. The molecule has 1 heterocycles. The number of aryl methyl sites for hydroxylation is 2. The Balaban J connectivity index is 0.000000652. The summed E-state index contributed by atoms with van der Waals surface area (Å²) < 4.78 is 90.2. The minimum atomic E-state index is -6.09. The minimum Gasteiger partial charge on any atom is -0.741 e. The number of hydrogen-bond donors (Lipinski definition) is 1. The molecule has 270 valence electrons. The number of alkyl halides is 3. The molecule has 0 spiro atoms. The lowest BCUT2D eigenvalue weighted by Crippen LogP contribution is -2.39. The monoisotopic (exact) mass is 744 g/mol. The van der Waals surface area contributed by atoms with Crippen molar-refractivity contribution in [1.29, 1.82) is 0 Å². The summed E-state index contributed by atoms with van der Waals surface area (Å²) in [4.78, 5) is 25.9. The highest BCUT2D eigenvalue weighted by Gasteiger charge is 2.37. The molecule has 0 saturated carbocycles. The number of carboxylic acid groups (broad SMARTS) is 1. The van der Waals surface area contributed by atoms with Crippen molar-refractivity contribution in [2.75, 3.05) is 6.54 Å². The first kappa shape index (κ1) is 38.9. The van der Waals surface area contributed by atoms with Gasteiger partial charge in [-0.05, 0) is 55.5 Å². The molecule has 0 radical (unpaired) electrons. The van der Waals surface area contributed by atoms with Crippen LogP contribution in [-0.4, -0.2) is 54.7 Å². The van der Waals surface area contributed by atoms with Gasteiger partial charge in [-0.2, -0.15) is 17.7 Å². The lowest BCUT2D eigenvalue weighted by Gasteiger charge is -2.24. The number of para-hydroxylation sites is 1. The maximum Gasteiger partial charge on any atom is 0.485 e. The van der Waals surface area contributed by atoms with E-state index in [1.54, 1.807) is 12.1 Å². The Bertz CT molecular complexity index is 2260. The molecule has 1 N–H and O–H groups in total. The first-order valence-electron chi connectivity index (χ1n) is 15.7. The van der Waals surface area contributed by atoms with Crippen LogP contribution in [0.3, 0.4) is 0 Å². The Morgan fingerprint density at radius 1 is 0.804 bits per heavy atom. The third-order valence-electron chi connectivity index (χ3n) is 8.10. The van der Waals surface area contributed by atoms with Crippen LogP contribution in [0.15, 0.2) is 102 Å². The topological polar surface area (TPSA) is 153 Å². The van der Waals surface area contributed by atoms with Crippen LogP contribution in [0.5, 0.6) is 0 Å². The van der Waals surface area contributed by atoms with Crippen molar-refractivity contribution in [2.45, 2.75) is 49.4 Å². The number of rotatable bonds is 11. The molecule has 1 amide bonds. The van der Waals surface area contributed by atoms with Crippen LogP contribution in [0, 0.1) is 6.92 Å². The Kier molecular flexibility index (Phi) is 12.2. The van der Waals surface area contributed by atoms with Gasteiger partial charge < -0.3 is 9.66 Å². The van der Waals surface area contributed by atoms with Gasteiger partial charge in [-0.15, -0.1) is 0 Å². The number of halogens is 3. The molecule has 5 aromatic rings. The van der Waals surface area contributed by atoms with Gasteiger partial charge >= 0.3 is 11.5 Å². The van der Waals surface area contributed by atoms with Crippen LogP contribution in [0.4, 0.5) is 13.2 Å². The second kappa shape index (κ2) is 16.0. The molecule has 0 aliphatic carbocycles. The van der Waals surface area contributed by atoms with Gasteiger partial charge in [0.15, 0.2) is 10.1 Å². The number of nitrogens with zero attached hydrogens (tertiary/aromatic N) is 2. The van der Waals surface area contributed by atoms with Gasteiger partial charge in [0.1, 0.15) is 7.05 Å². The van der Waals surface area contributed by atoms with Crippen molar-refractivity contribution >= 4 is 53.8 Å². The highest BCUT2D eigenvalue weighted by molar-refractivity contribution is 7.89. The molecule has 0 aliphatic rings. The van der Waals surface area contributed by atoms with Crippen LogP contribution in [0.25, 0.3) is 21.8 Å². The number of carbonyl (C=O) groups is 2. The third kappa shape index (κ3) is 9.28. The fourth-order valence-electron chi connectivity index (χ4n) is 5.58. The van der Waals surface area contributed by atoms with Gasteiger partial charge in [0.25, 0.3) is 15.9 Å². The number of hydrogen-bond acceptors (Lipinski definition) is 7. The number of fused-ring (bicyclic) bond motifs is 2. The molecule has 5 rings (SSSR count). The third-order valence-corrected chi connectivity index (χ3v) is 10.5. The number of carboxylic acids is 1. The maximum absolute atomic E-state index is 14.8. The number of amides is 1. The Labute approximate surface area is 293 Å². The van der Waals surface area contributed by atoms with E-state index >= 15 is 0 Å². The van der Waals surface area contributed by atoms with Crippen LogP contribution < -0.4 is 4.57 Å². The predicted octanol–water partition coefficient (Wildman–Crippen LogP) is 6.24. The smallest absolute Gasteiger partial charge is 0.485 e. The average Bonchev–Trinajstić information content (AvgIpc) is 3.06. The first-order chi connectivity index (χ1) is 23.9. The summed E-state index contributed by atoms with van der Waals surface area (Å²) in [7, 11) is -8.36. The van der Waals surface area contributed by atoms with E-state index < -0.39 is 37.5 Å². The van der Waals surface area contributed by atoms with Crippen molar-refractivity contribution in [1.82, 2.24) is 4.31 Å². The second-order valence-electron chi connectivity index (χ2n) is 11.7. The van der Waals surface area contributed by atoms with Crippen molar-refractivity contribution in [3.8, 4) is 0 Å². The summed E-state index contributed by atoms with van der Waals surface area (Å²) in [5, 5.41) is 10.4. The fourth-order valence-corrected chi connectivity index (χ4v) is 7.00. The maximum atomic E-state index is 14.8. The Morgan fingerprint density at radius 2 is 1.39 bits per heavy atom. The van der Waals surface area contributed by atoms with Crippen LogP contribution in [-0.2, 0) is 38.4 Å². The lowest BCUT2D eigenvalue weighted by atomic mass is 9.94. The number of unbranched alkanes of at least 4 members (excludes halogenated alkanes) is 2. The normalized spacial score (nSPS) is 12.0. The summed E-state index contributed by atoms with van der Waals surface area (Å²) in [6.07, 6.45) is 1.78. The van der Waals surface area contributed by atoms with Gasteiger partial charge in [0, 0.05) is 25.1 Å². The Hall–Kier alpha value is -4.86. The minimum absolute atomic E-state index is 0.00797. The van der Waals surface area contributed by atoms with Gasteiger partial charge in [-0.25, -0.2) is 21.1 Å². The zero-order valence-corrected chi connectivity index (χ0v) is 29.3. The zero-order chi connectivity index (χ0) is 37.6. The summed E-state index contributed by atoms with van der Waals surface area (Å²) >= 11 is 0. The highest BCUT2D eigenvalue weighted by Crippen LogP contribution is 2.32. The van der Waals surface area contributed by atoms with Gasteiger partial charge in [-0.1, -0.05) is 78.7 Å². The molecular weight excluding hydrogens is 710 g/mol. The van der Waals surface area contributed by atoms with Crippen LogP contribution >= 0.6 is 0 Å². The number of aromatic nitrogens is 1. The van der Waals surface area contributed by atoms with E-state index in [0.29, 0.717) is 42.0 Å². The molecule has 4 aromatic carbocycles. The Morgan fingerprint density at radius 3 is 2.00 bits per heavy atom. The summed E-state index contributed by atoms with van der Waals surface area (Å²) in [5.41, 5.74) is -0.768. The SMILES string of the molecule is Cc1ccc(S(=O)(=O)N(CCCCCC(=O)O)C(=O)c2c3ccccc3[n+](C)c3cccc(Cc4ccccc4)c23)cc1.O=S(=O)([O-])C(F)(F)F. The van der Waals surface area contributed by atoms with Gasteiger partial charge in [0.05, 0.1) is 21.2 Å². The fraction of sp³-hybridized carbons (Fsp3) is 0.250. The van der Waals surface area contributed by atoms with E-state index in [4.69, 9.17) is 18.1 Å². The van der Waals surface area contributed by atoms with E-state index in [-0.39, 0.29) is 17.9 Å². The zero-order valence-electron chi connectivity index (χ0n) is 27.6. The first-order valence-corrected chi connectivity index (χ1v) is 18.5. The largest absolute Gasteiger partial charge is 0.741 e. The van der Waals surface area contributed by atoms with Gasteiger partial charge in [-0.3, -0.25) is 9.59 Å². The van der Waals surface area contributed by atoms with E-state index in [9.17, 15) is 31.2 Å². The number of aliphatic carboxylic acids is 1. The van der Waals surface area contributed by atoms with Crippen molar-refractivity contribution in [2.24, 2.45) is 7.05 Å². The van der Waals surface area contributed by atoms with Gasteiger partial charge in [0.2, 0.25) is 11.0 Å². The molecule has 10 nitrogen and oxygen atoms in total. The molecule has 0 atom stereocenters. The predicted molar refractivity (Wildman–Crippen MR) is 183 cm³/mol. The lowest BCUT2D eigenvalue weighted by molar-refractivity contribution is -0.617. The number of carbonyl (C=O) groups excluding carboxylic acids is 1. The van der Waals surface area contributed by atoms with Crippen molar-refractivity contribution in [3.63, 3.8) is 0 Å². The van der Waals surface area contributed by atoms with E-state index in [1.165, 1.54) is 12.1 Å². The van der Waals surface area contributed by atoms with Crippen LogP contribution in [0.1, 0.15) is 52.7 Å². The molecule has 0 unspecified atom stereocenters. The van der Waals surface area contributed by atoms with Crippen LogP contribution in [0.2, 0.25) is 0 Å². The highest BCUT2D eigenvalue weighted by atomic mass is 32.2. The van der Waals surface area contributed by atoms with E-state index in [1.807, 2.05) is 91.3 Å². The quantitative estimate of drug-likeness (QED) is 0.0548. The second-order valence-corrected chi connectivity index (χ2v) is 15.0. The summed E-state index contributed by atoms with van der Waals surface area (Å²) in [6, 6.07) is 29.9. The summed E-state index contributed by atoms with van der Waals surface area (Å²) in [5.74, 6) is -1.50. The van der Waals surface area contributed by atoms with Crippen molar-refractivity contribution in [3.05, 3.63) is 119 Å². The number of benzene rings is 4. The molecule has 15 heteroatoms. The molecule has 0 aliphatic heterocycles. The molecule has 1 aromatic heterocycles. The van der Waals surface area contributed by atoms with E-state index in [0.717, 1.165) is 32.0 Å². The molecule has 0 bridgehead atoms. The standard InChI is InChI=1S/C35H34N2O5S.CHF3O3S/c1-25-19-21-28(22-20-25)43(41,42)37(23-10-4-7-18-32(38)39)35(40)34-29-15-8-9-16-30(29)36(2)31-17-11-14-27(33(31)34)24-26-12-5-3-6-13-26;2-1(3,4)8(5,6)7/h3,5-6,8-9,11-17,19-22H,4,7,10,18,23-24H2,1-2H3;(H,5,6,7). The molecule has 0 fully saturated rings. The molecule has 51 heavy (non-hydrogen) atoms.